The largest absolute Gasteiger partial charge is 0.468 e. The Balaban J connectivity index is 2.30. The third-order valence-electron chi connectivity index (χ3n) is 2.10. The van der Waals surface area contributed by atoms with Gasteiger partial charge in [0, 0.05) is 12.2 Å². The quantitative estimate of drug-likeness (QED) is 0.748. The Bertz CT molecular complexity index is 273. The Morgan fingerprint density at radius 3 is 3.00 bits per heavy atom. The molecule has 0 aliphatic heterocycles. The summed E-state index contributed by atoms with van der Waals surface area (Å²) in [6, 6.07) is 1.88. The van der Waals surface area contributed by atoms with Crippen LogP contribution in [0.2, 0.25) is 0 Å². The highest BCUT2D eigenvalue weighted by atomic mass is 16.5. The first kappa shape index (κ1) is 12.2. The van der Waals surface area contributed by atoms with E-state index in [1.54, 1.807) is 6.26 Å². The van der Waals surface area contributed by atoms with Crippen LogP contribution in [0.4, 0.5) is 0 Å². The molecule has 1 atom stereocenters. The summed E-state index contributed by atoms with van der Waals surface area (Å²) in [7, 11) is 0. The van der Waals surface area contributed by atoms with Crippen molar-refractivity contribution in [2.45, 2.75) is 33.1 Å². The number of rotatable bonds is 7. The summed E-state index contributed by atoms with van der Waals surface area (Å²) >= 11 is 0. The Morgan fingerprint density at radius 2 is 2.33 bits per heavy atom. The summed E-state index contributed by atoms with van der Waals surface area (Å²) in [5.41, 5.74) is 6.52. The van der Waals surface area contributed by atoms with Crippen LogP contribution in [0.1, 0.15) is 25.2 Å². The van der Waals surface area contributed by atoms with E-state index in [0.29, 0.717) is 26.4 Å². The number of ether oxygens (including phenoxy) is 2. The summed E-state index contributed by atoms with van der Waals surface area (Å²) < 4.78 is 16.0. The molecule has 0 spiro atoms. The Morgan fingerprint density at radius 1 is 1.53 bits per heavy atom. The third kappa shape index (κ3) is 4.03. The first-order chi connectivity index (χ1) is 7.27. The fraction of sp³-hybridized carbons (Fsp3) is 0.636. The molecule has 0 aliphatic carbocycles. The van der Waals surface area contributed by atoms with Crippen LogP contribution in [0, 0.1) is 0 Å². The van der Waals surface area contributed by atoms with E-state index in [0.717, 1.165) is 11.3 Å². The summed E-state index contributed by atoms with van der Waals surface area (Å²) in [6.07, 6.45) is 1.72. The predicted molar refractivity (Wildman–Crippen MR) is 57.3 cm³/mol. The Kier molecular flexibility index (Phi) is 5.39. The van der Waals surface area contributed by atoms with Crippen molar-refractivity contribution in [1.29, 1.82) is 0 Å². The van der Waals surface area contributed by atoms with Gasteiger partial charge in [-0.25, -0.2) is 0 Å². The van der Waals surface area contributed by atoms with E-state index in [1.807, 2.05) is 19.9 Å². The van der Waals surface area contributed by atoms with Gasteiger partial charge in [-0.15, -0.1) is 0 Å². The minimum Gasteiger partial charge on any atom is -0.468 e. The van der Waals surface area contributed by atoms with Gasteiger partial charge in [0.05, 0.1) is 32.1 Å². The molecule has 0 saturated heterocycles. The zero-order chi connectivity index (χ0) is 11.1. The molecular weight excluding hydrogens is 194 g/mol. The lowest BCUT2D eigenvalue weighted by molar-refractivity contribution is -0.0120. The van der Waals surface area contributed by atoms with Gasteiger partial charge in [0.2, 0.25) is 0 Å². The van der Waals surface area contributed by atoms with E-state index < -0.39 is 0 Å². The zero-order valence-corrected chi connectivity index (χ0v) is 9.36. The summed E-state index contributed by atoms with van der Waals surface area (Å²) in [4.78, 5) is 0. The molecule has 1 unspecified atom stereocenters. The number of nitrogens with two attached hydrogens (primary N) is 1. The lowest BCUT2D eigenvalue weighted by Crippen LogP contribution is -2.16. The molecule has 1 heterocycles. The van der Waals surface area contributed by atoms with Crippen molar-refractivity contribution in [1.82, 2.24) is 0 Å². The second-order valence-corrected chi connectivity index (χ2v) is 3.35. The molecule has 0 radical (unpaired) electrons. The highest BCUT2D eigenvalue weighted by Crippen LogP contribution is 2.11. The highest BCUT2D eigenvalue weighted by molar-refractivity contribution is 5.15. The molecular formula is C11H19NO3. The Hall–Kier alpha value is -0.840. The minimum absolute atomic E-state index is 0.0884. The molecule has 4 heteroatoms. The molecule has 0 fully saturated rings. The molecule has 4 nitrogen and oxygen atoms in total. The number of hydrogen-bond donors (Lipinski definition) is 1. The highest BCUT2D eigenvalue weighted by Gasteiger charge is 2.07. The first-order valence-electron chi connectivity index (χ1n) is 5.22. The van der Waals surface area contributed by atoms with Crippen molar-refractivity contribution in [3.05, 3.63) is 23.7 Å². The summed E-state index contributed by atoms with van der Waals surface area (Å²) in [5.74, 6) is 0.790. The second kappa shape index (κ2) is 6.61. The van der Waals surface area contributed by atoms with Crippen LogP contribution in [-0.2, 0) is 22.6 Å². The molecule has 1 aromatic heterocycles. The fourth-order valence-electron chi connectivity index (χ4n) is 1.24. The standard InChI is InChI=1S/C11H19NO3/c1-3-13-7-9(2)15-8-10-4-5-14-11(10)6-12/h4-5,9H,3,6-8,12H2,1-2H3. The number of hydrogen-bond acceptors (Lipinski definition) is 4. The van der Waals surface area contributed by atoms with Gasteiger partial charge in [-0.3, -0.25) is 0 Å². The van der Waals surface area contributed by atoms with Crippen LogP contribution >= 0.6 is 0 Å². The molecule has 2 N–H and O–H groups in total. The van der Waals surface area contributed by atoms with Crippen LogP contribution in [0.3, 0.4) is 0 Å². The first-order valence-corrected chi connectivity index (χ1v) is 5.22. The van der Waals surface area contributed by atoms with E-state index in [2.05, 4.69) is 0 Å². The topological polar surface area (TPSA) is 57.6 Å². The number of furan rings is 1. The third-order valence-corrected chi connectivity index (χ3v) is 2.10. The summed E-state index contributed by atoms with van der Waals surface area (Å²) in [5, 5.41) is 0. The molecule has 0 bridgehead atoms. The lowest BCUT2D eigenvalue weighted by atomic mass is 10.2. The van der Waals surface area contributed by atoms with E-state index >= 15 is 0 Å². The van der Waals surface area contributed by atoms with Gasteiger partial charge in [-0.1, -0.05) is 0 Å². The van der Waals surface area contributed by atoms with E-state index in [-0.39, 0.29) is 6.10 Å². The van der Waals surface area contributed by atoms with Crippen molar-refractivity contribution in [2.75, 3.05) is 13.2 Å². The normalized spacial score (nSPS) is 13.0. The average molecular weight is 213 g/mol. The van der Waals surface area contributed by atoms with Gasteiger partial charge < -0.3 is 19.6 Å². The molecule has 0 saturated carbocycles. The van der Waals surface area contributed by atoms with Gasteiger partial charge in [-0.05, 0) is 19.9 Å². The molecule has 86 valence electrons. The van der Waals surface area contributed by atoms with Crippen molar-refractivity contribution < 1.29 is 13.9 Å². The monoisotopic (exact) mass is 213 g/mol. The van der Waals surface area contributed by atoms with Gasteiger partial charge in [-0.2, -0.15) is 0 Å². The van der Waals surface area contributed by atoms with Crippen molar-refractivity contribution >= 4 is 0 Å². The molecule has 15 heavy (non-hydrogen) atoms. The van der Waals surface area contributed by atoms with Gasteiger partial charge >= 0.3 is 0 Å². The van der Waals surface area contributed by atoms with Gasteiger partial charge in [0.1, 0.15) is 5.76 Å². The average Bonchev–Trinajstić information content (AvgIpc) is 2.70. The van der Waals surface area contributed by atoms with Crippen LogP contribution in [0.5, 0.6) is 0 Å². The molecule has 0 amide bonds. The van der Waals surface area contributed by atoms with Crippen molar-refractivity contribution in [2.24, 2.45) is 5.73 Å². The van der Waals surface area contributed by atoms with Crippen molar-refractivity contribution in [3.63, 3.8) is 0 Å². The predicted octanol–water partition coefficient (Wildman–Crippen LogP) is 1.68. The van der Waals surface area contributed by atoms with E-state index in [1.165, 1.54) is 0 Å². The van der Waals surface area contributed by atoms with E-state index in [9.17, 15) is 0 Å². The lowest BCUT2D eigenvalue weighted by Gasteiger charge is -2.12. The molecule has 1 rings (SSSR count). The zero-order valence-electron chi connectivity index (χ0n) is 9.36. The van der Waals surface area contributed by atoms with Crippen LogP contribution < -0.4 is 5.73 Å². The maximum atomic E-state index is 5.59. The Labute approximate surface area is 90.3 Å². The van der Waals surface area contributed by atoms with Gasteiger partial charge in [0.25, 0.3) is 0 Å². The molecule has 0 aliphatic rings. The second-order valence-electron chi connectivity index (χ2n) is 3.35. The van der Waals surface area contributed by atoms with Crippen molar-refractivity contribution in [3.8, 4) is 0 Å². The van der Waals surface area contributed by atoms with E-state index in [4.69, 9.17) is 19.6 Å². The van der Waals surface area contributed by atoms with Crippen LogP contribution in [0.25, 0.3) is 0 Å². The summed E-state index contributed by atoms with van der Waals surface area (Å²) in [6.45, 7) is 6.22. The maximum Gasteiger partial charge on any atom is 0.122 e. The molecule has 1 aromatic rings. The molecule has 0 aromatic carbocycles. The SMILES string of the molecule is CCOCC(C)OCc1ccoc1CN. The van der Waals surface area contributed by atoms with Crippen LogP contribution in [-0.4, -0.2) is 19.3 Å². The maximum absolute atomic E-state index is 5.59. The minimum atomic E-state index is 0.0884. The smallest absolute Gasteiger partial charge is 0.122 e. The van der Waals surface area contributed by atoms with Gasteiger partial charge in [0.15, 0.2) is 0 Å². The fourth-order valence-corrected chi connectivity index (χ4v) is 1.24. The van der Waals surface area contributed by atoms with Crippen LogP contribution in [0.15, 0.2) is 16.7 Å².